The van der Waals surface area contributed by atoms with Crippen molar-refractivity contribution in [3.05, 3.63) is 164 Å². The summed E-state index contributed by atoms with van der Waals surface area (Å²) in [5.41, 5.74) is 9.84. The van der Waals surface area contributed by atoms with Gasteiger partial charge in [0.1, 0.15) is 0 Å². The standard InChI is InChI=1S/C42H27N3/c1-3-13-29(14-4-1)42-43-38-24-22-30(27-37(38)41(44-42)35-20-11-15-28-12-7-8-18-33(28)35)31-23-25-40-36(26-31)34-19-9-10-21-39(34)45(40)32-16-5-2-6-17-32/h1-27H. The fourth-order valence-electron chi connectivity index (χ4n) is 6.67. The molecule has 0 fully saturated rings. The Balaban J connectivity index is 1.28. The van der Waals surface area contributed by atoms with Crippen LogP contribution in [0.3, 0.4) is 0 Å². The Labute approximate surface area is 260 Å². The summed E-state index contributed by atoms with van der Waals surface area (Å²) in [6, 6.07) is 57.9. The van der Waals surface area contributed by atoms with Crippen LogP contribution in [0.4, 0.5) is 0 Å². The van der Waals surface area contributed by atoms with Gasteiger partial charge in [-0.05, 0) is 64.4 Å². The predicted octanol–water partition coefficient (Wildman–Crippen LogP) is 10.9. The van der Waals surface area contributed by atoms with E-state index in [2.05, 4.69) is 150 Å². The Morgan fingerprint density at radius 3 is 1.89 bits per heavy atom. The van der Waals surface area contributed by atoms with E-state index in [0.29, 0.717) is 0 Å². The van der Waals surface area contributed by atoms with Crippen molar-refractivity contribution in [1.29, 1.82) is 0 Å². The van der Waals surface area contributed by atoms with Gasteiger partial charge in [0, 0.05) is 33.0 Å². The highest BCUT2D eigenvalue weighted by atomic mass is 15.0. The molecule has 9 rings (SSSR count). The molecule has 0 saturated heterocycles. The minimum atomic E-state index is 0.730. The first-order chi connectivity index (χ1) is 22.3. The first-order valence-corrected chi connectivity index (χ1v) is 15.3. The number of hydrogen-bond donors (Lipinski definition) is 0. The van der Waals surface area contributed by atoms with Gasteiger partial charge in [-0.15, -0.1) is 0 Å². The van der Waals surface area contributed by atoms with E-state index in [1.54, 1.807) is 0 Å². The molecule has 3 nitrogen and oxygen atoms in total. The van der Waals surface area contributed by atoms with Crippen LogP contribution in [0.15, 0.2) is 164 Å². The SMILES string of the molecule is c1ccc(-c2nc(-c3cccc4ccccc34)c3cc(-c4ccc5c(c4)c4ccccc4n5-c4ccccc4)ccc3n2)cc1. The van der Waals surface area contributed by atoms with Crippen molar-refractivity contribution >= 4 is 43.5 Å². The summed E-state index contributed by atoms with van der Waals surface area (Å²) in [4.78, 5) is 10.3. The highest BCUT2D eigenvalue weighted by Gasteiger charge is 2.16. The normalized spacial score (nSPS) is 11.6. The number of nitrogens with zero attached hydrogens (tertiary/aromatic N) is 3. The fraction of sp³-hybridized carbons (Fsp3) is 0. The van der Waals surface area contributed by atoms with Crippen LogP contribution in [-0.2, 0) is 0 Å². The lowest BCUT2D eigenvalue weighted by molar-refractivity contribution is 1.18. The van der Waals surface area contributed by atoms with Crippen molar-refractivity contribution in [1.82, 2.24) is 14.5 Å². The number of fused-ring (bicyclic) bond motifs is 5. The molecule has 0 spiro atoms. The third kappa shape index (κ3) is 4.21. The summed E-state index contributed by atoms with van der Waals surface area (Å²) in [5, 5.41) is 5.89. The van der Waals surface area contributed by atoms with Gasteiger partial charge in [0.25, 0.3) is 0 Å². The lowest BCUT2D eigenvalue weighted by atomic mass is 9.96. The molecule has 0 bridgehead atoms. The van der Waals surface area contributed by atoms with E-state index in [9.17, 15) is 0 Å². The molecule has 9 aromatic rings. The Morgan fingerprint density at radius 1 is 0.400 bits per heavy atom. The maximum absolute atomic E-state index is 5.24. The minimum absolute atomic E-state index is 0.730. The average molecular weight is 574 g/mol. The molecule has 0 atom stereocenters. The maximum atomic E-state index is 5.24. The molecule has 2 aromatic heterocycles. The van der Waals surface area contributed by atoms with Crippen molar-refractivity contribution in [2.75, 3.05) is 0 Å². The van der Waals surface area contributed by atoms with Gasteiger partial charge in [-0.1, -0.05) is 121 Å². The summed E-state index contributed by atoms with van der Waals surface area (Å²) < 4.78 is 2.35. The van der Waals surface area contributed by atoms with Crippen molar-refractivity contribution in [3.63, 3.8) is 0 Å². The molecule has 2 heterocycles. The summed E-state index contributed by atoms with van der Waals surface area (Å²) >= 11 is 0. The number of benzene rings is 7. The zero-order valence-electron chi connectivity index (χ0n) is 24.4. The van der Waals surface area contributed by atoms with Gasteiger partial charge in [-0.3, -0.25) is 0 Å². The molecule has 0 N–H and O–H groups in total. The molecule has 0 unspecified atom stereocenters. The number of para-hydroxylation sites is 2. The summed E-state index contributed by atoms with van der Waals surface area (Å²) in [7, 11) is 0. The van der Waals surface area contributed by atoms with Gasteiger partial charge in [0.05, 0.1) is 22.2 Å². The van der Waals surface area contributed by atoms with Gasteiger partial charge in [-0.25, -0.2) is 9.97 Å². The molecule has 0 aliphatic carbocycles. The third-order valence-electron chi connectivity index (χ3n) is 8.79. The minimum Gasteiger partial charge on any atom is -0.309 e. The molecule has 7 aromatic carbocycles. The molecular weight excluding hydrogens is 546 g/mol. The smallest absolute Gasteiger partial charge is 0.160 e. The van der Waals surface area contributed by atoms with Crippen LogP contribution in [0.5, 0.6) is 0 Å². The Bertz CT molecular complexity index is 2520. The molecule has 0 amide bonds. The molecule has 45 heavy (non-hydrogen) atoms. The van der Waals surface area contributed by atoms with Crippen LogP contribution in [0, 0.1) is 0 Å². The van der Waals surface area contributed by atoms with Crippen molar-refractivity contribution in [2.24, 2.45) is 0 Å². The molecule has 0 aliphatic rings. The zero-order valence-corrected chi connectivity index (χ0v) is 24.4. The predicted molar refractivity (Wildman–Crippen MR) is 188 cm³/mol. The van der Waals surface area contributed by atoms with Crippen molar-refractivity contribution in [2.45, 2.75) is 0 Å². The van der Waals surface area contributed by atoms with E-state index in [0.717, 1.165) is 50.4 Å². The van der Waals surface area contributed by atoms with Crippen LogP contribution in [-0.4, -0.2) is 14.5 Å². The van der Waals surface area contributed by atoms with E-state index < -0.39 is 0 Å². The van der Waals surface area contributed by atoms with Crippen molar-refractivity contribution < 1.29 is 0 Å². The summed E-state index contributed by atoms with van der Waals surface area (Å²) in [5.74, 6) is 0.730. The van der Waals surface area contributed by atoms with Crippen LogP contribution in [0.1, 0.15) is 0 Å². The average Bonchev–Trinajstić information content (AvgIpc) is 3.45. The second kappa shape index (κ2) is 10.3. The molecule has 0 saturated carbocycles. The first kappa shape index (κ1) is 25.4. The molecule has 3 heteroatoms. The number of hydrogen-bond acceptors (Lipinski definition) is 2. The quantitative estimate of drug-likeness (QED) is 0.210. The van der Waals surface area contributed by atoms with E-state index >= 15 is 0 Å². The highest BCUT2D eigenvalue weighted by molar-refractivity contribution is 6.11. The van der Waals surface area contributed by atoms with E-state index in [1.165, 1.54) is 32.6 Å². The van der Waals surface area contributed by atoms with Crippen LogP contribution in [0.2, 0.25) is 0 Å². The lowest BCUT2D eigenvalue weighted by Crippen LogP contribution is -1.96. The van der Waals surface area contributed by atoms with Crippen molar-refractivity contribution in [3.8, 4) is 39.5 Å². The topological polar surface area (TPSA) is 30.7 Å². The van der Waals surface area contributed by atoms with Gasteiger partial charge >= 0.3 is 0 Å². The van der Waals surface area contributed by atoms with E-state index in [4.69, 9.17) is 9.97 Å². The number of rotatable bonds is 4. The highest BCUT2D eigenvalue weighted by Crippen LogP contribution is 2.38. The molecule has 0 aliphatic heterocycles. The number of aromatic nitrogens is 3. The molecule has 210 valence electrons. The largest absolute Gasteiger partial charge is 0.309 e. The maximum Gasteiger partial charge on any atom is 0.160 e. The molecule has 0 radical (unpaired) electrons. The van der Waals surface area contributed by atoms with Gasteiger partial charge in [-0.2, -0.15) is 0 Å². The Kier molecular flexibility index (Phi) is 5.82. The second-order valence-corrected chi connectivity index (χ2v) is 11.4. The third-order valence-corrected chi connectivity index (χ3v) is 8.79. The van der Waals surface area contributed by atoms with Crippen LogP contribution in [0.25, 0.3) is 82.9 Å². The lowest BCUT2D eigenvalue weighted by Gasteiger charge is -2.13. The zero-order chi connectivity index (χ0) is 29.7. The monoisotopic (exact) mass is 573 g/mol. The summed E-state index contributed by atoms with van der Waals surface area (Å²) in [6.45, 7) is 0. The van der Waals surface area contributed by atoms with Gasteiger partial charge < -0.3 is 4.57 Å². The van der Waals surface area contributed by atoms with Gasteiger partial charge in [0.2, 0.25) is 0 Å². The Morgan fingerprint density at radius 2 is 1.04 bits per heavy atom. The second-order valence-electron chi connectivity index (χ2n) is 11.4. The van der Waals surface area contributed by atoms with Crippen LogP contribution < -0.4 is 0 Å². The van der Waals surface area contributed by atoms with Gasteiger partial charge in [0.15, 0.2) is 5.82 Å². The first-order valence-electron chi connectivity index (χ1n) is 15.3. The summed E-state index contributed by atoms with van der Waals surface area (Å²) in [6.07, 6.45) is 0. The van der Waals surface area contributed by atoms with E-state index in [-0.39, 0.29) is 0 Å². The fourth-order valence-corrected chi connectivity index (χ4v) is 6.67. The van der Waals surface area contributed by atoms with Crippen LogP contribution >= 0.6 is 0 Å². The molecular formula is C42H27N3. The van der Waals surface area contributed by atoms with E-state index in [1.807, 2.05) is 18.2 Å². The Hall–Kier alpha value is -6.06.